The summed E-state index contributed by atoms with van der Waals surface area (Å²) >= 11 is 0. The third kappa shape index (κ3) is 5.36. The average molecular weight is 169 g/mol. The van der Waals surface area contributed by atoms with E-state index in [4.69, 9.17) is 0 Å². The largest absolute Gasteiger partial charge is 0.300 e. The summed E-state index contributed by atoms with van der Waals surface area (Å²) in [7, 11) is 0. The fourth-order valence-corrected chi connectivity index (χ4v) is 1.42. The zero-order valence-electron chi connectivity index (χ0n) is 9.22. The van der Waals surface area contributed by atoms with Crippen molar-refractivity contribution < 1.29 is 0 Å². The second-order valence-electron chi connectivity index (χ2n) is 3.72. The van der Waals surface area contributed by atoms with E-state index in [0.29, 0.717) is 5.92 Å². The Balaban J connectivity index is 3.88. The summed E-state index contributed by atoms with van der Waals surface area (Å²) in [5.74, 6) is 0.681. The van der Waals surface area contributed by atoms with Gasteiger partial charge in [-0.2, -0.15) is 0 Å². The zero-order valence-corrected chi connectivity index (χ0v) is 9.22. The molecule has 1 nitrogen and oxygen atoms in total. The molecule has 12 heavy (non-hydrogen) atoms. The van der Waals surface area contributed by atoms with Gasteiger partial charge in [-0.3, -0.25) is 4.90 Å². The van der Waals surface area contributed by atoms with E-state index in [9.17, 15) is 0 Å². The molecule has 0 aromatic heterocycles. The minimum atomic E-state index is 0.681. The molecule has 0 aliphatic rings. The number of nitrogens with zero attached hydrogens (tertiary/aromatic N) is 1. The lowest BCUT2D eigenvalue weighted by molar-refractivity contribution is 0.329. The van der Waals surface area contributed by atoms with Crippen LogP contribution in [0.5, 0.6) is 0 Å². The van der Waals surface area contributed by atoms with Crippen molar-refractivity contribution in [1.82, 2.24) is 4.90 Å². The third-order valence-corrected chi connectivity index (χ3v) is 1.99. The van der Waals surface area contributed by atoms with Crippen LogP contribution in [-0.4, -0.2) is 24.5 Å². The van der Waals surface area contributed by atoms with Crippen molar-refractivity contribution in [3.63, 3.8) is 0 Å². The monoisotopic (exact) mass is 169 g/mol. The molecule has 0 aromatic carbocycles. The van der Waals surface area contributed by atoms with E-state index in [1.54, 1.807) is 0 Å². The molecule has 0 unspecified atom stereocenters. The van der Waals surface area contributed by atoms with Crippen LogP contribution in [0.3, 0.4) is 0 Å². The van der Waals surface area contributed by atoms with Gasteiger partial charge in [-0.05, 0) is 25.9 Å². The van der Waals surface area contributed by atoms with Crippen LogP contribution in [0.25, 0.3) is 0 Å². The van der Waals surface area contributed by atoms with Gasteiger partial charge in [0.05, 0.1) is 0 Å². The third-order valence-electron chi connectivity index (χ3n) is 1.99. The van der Waals surface area contributed by atoms with Crippen molar-refractivity contribution in [3.05, 3.63) is 11.6 Å². The predicted molar refractivity (Wildman–Crippen MR) is 56.4 cm³/mol. The summed E-state index contributed by atoms with van der Waals surface area (Å²) in [6.07, 6.45) is 2.35. The molecule has 0 bridgehead atoms. The lowest BCUT2D eigenvalue weighted by Crippen LogP contribution is -2.24. The molecule has 0 radical (unpaired) electrons. The van der Waals surface area contributed by atoms with E-state index < -0.39 is 0 Å². The Morgan fingerprint density at radius 3 is 2.08 bits per heavy atom. The first-order valence-corrected chi connectivity index (χ1v) is 4.99. The predicted octanol–water partition coefficient (Wildman–Crippen LogP) is 2.93. The molecular formula is C11H23N. The van der Waals surface area contributed by atoms with E-state index in [-0.39, 0.29) is 0 Å². The van der Waals surface area contributed by atoms with Crippen molar-refractivity contribution >= 4 is 0 Å². The van der Waals surface area contributed by atoms with Gasteiger partial charge in [-0.25, -0.2) is 0 Å². The Hall–Kier alpha value is -0.300. The molecule has 0 amide bonds. The van der Waals surface area contributed by atoms with Gasteiger partial charge in [-0.1, -0.05) is 39.3 Å². The first-order chi connectivity index (χ1) is 5.60. The van der Waals surface area contributed by atoms with Gasteiger partial charge in [0.1, 0.15) is 0 Å². The van der Waals surface area contributed by atoms with Crippen LogP contribution in [0.1, 0.15) is 34.6 Å². The Labute approximate surface area is 77.5 Å². The topological polar surface area (TPSA) is 3.24 Å². The summed E-state index contributed by atoms with van der Waals surface area (Å²) in [5.41, 5.74) is 1.49. The maximum atomic E-state index is 2.44. The molecular weight excluding hydrogens is 146 g/mol. The maximum absolute atomic E-state index is 2.44. The first-order valence-electron chi connectivity index (χ1n) is 4.99. The second-order valence-corrected chi connectivity index (χ2v) is 3.72. The summed E-state index contributed by atoms with van der Waals surface area (Å²) in [5, 5.41) is 0. The fourth-order valence-electron chi connectivity index (χ4n) is 1.42. The van der Waals surface area contributed by atoms with Crippen molar-refractivity contribution in [2.45, 2.75) is 34.6 Å². The highest BCUT2D eigenvalue weighted by molar-refractivity contribution is 5.01. The van der Waals surface area contributed by atoms with Crippen molar-refractivity contribution in [1.29, 1.82) is 0 Å². The zero-order chi connectivity index (χ0) is 9.56. The minimum absolute atomic E-state index is 0.681. The van der Waals surface area contributed by atoms with E-state index in [1.807, 2.05) is 0 Å². The van der Waals surface area contributed by atoms with Crippen molar-refractivity contribution in [2.75, 3.05) is 19.6 Å². The summed E-state index contributed by atoms with van der Waals surface area (Å²) < 4.78 is 0. The standard InChI is InChI=1S/C11H23N/c1-6-12(7-2)9-11(5)8-10(3)4/h8,10H,6-7,9H2,1-5H3. The van der Waals surface area contributed by atoms with Crippen LogP contribution in [0, 0.1) is 5.92 Å². The van der Waals surface area contributed by atoms with Crippen LogP contribution in [0.15, 0.2) is 11.6 Å². The SMILES string of the molecule is CCN(CC)CC(C)=CC(C)C. The van der Waals surface area contributed by atoms with Crippen molar-refractivity contribution in [2.24, 2.45) is 5.92 Å². The molecule has 0 saturated carbocycles. The molecule has 0 fully saturated rings. The molecule has 0 rings (SSSR count). The van der Waals surface area contributed by atoms with E-state index >= 15 is 0 Å². The summed E-state index contributed by atoms with van der Waals surface area (Å²) in [4.78, 5) is 2.44. The number of hydrogen-bond donors (Lipinski definition) is 0. The highest BCUT2D eigenvalue weighted by atomic mass is 15.1. The Kier molecular flexibility index (Phi) is 6.09. The van der Waals surface area contributed by atoms with E-state index in [0.717, 1.165) is 19.6 Å². The quantitative estimate of drug-likeness (QED) is 0.572. The molecule has 0 aliphatic carbocycles. The minimum Gasteiger partial charge on any atom is -0.300 e. The molecule has 0 aromatic rings. The second kappa shape index (κ2) is 6.24. The molecule has 1 heteroatoms. The average Bonchev–Trinajstić information content (AvgIpc) is 1.98. The lowest BCUT2D eigenvalue weighted by Gasteiger charge is -2.18. The molecule has 0 spiro atoms. The first kappa shape index (κ1) is 11.7. The fraction of sp³-hybridized carbons (Fsp3) is 0.818. The highest BCUT2D eigenvalue weighted by Gasteiger charge is 1.99. The van der Waals surface area contributed by atoms with Crippen LogP contribution in [-0.2, 0) is 0 Å². The molecule has 0 heterocycles. The van der Waals surface area contributed by atoms with Crippen LogP contribution >= 0.6 is 0 Å². The number of allylic oxidation sites excluding steroid dienone is 1. The van der Waals surface area contributed by atoms with Crippen molar-refractivity contribution in [3.8, 4) is 0 Å². The number of hydrogen-bond acceptors (Lipinski definition) is 1. The Morgan fingerprint density at radius 2 is 1.75 bits per heavy atom. The normalized spacial score (nSPS) is 13.1. The molecule has 72 valence electrons. The molecule has 0 aliphatic heterocycles. The molecule has 0 saturated heterocycles. The summed E-state index contributed by atoms with van der Waals surface area (Å²) in [6, 6.07) is 0. The smallest absolute Gasteiger partial charge is 0.0189 e. The summed E-state index contributed by atoms with van der Waals surface area (Å²) in [6.45, 7) is 14.5. The highest BCUT2D eigenvalue weighted by Crippen LogP contribution is 2.03. The molecule has 0 atom stereocenters. The van der Waals surface area contributed by atoms with E-state index in [2.05, 4.69) is 45.6 Å². The molecule has 0 N–H and O–H groups in total. The van der Waals surface area contributed by atoms with Gasteiger partial charge in [0.25, 0.3) is 0 Å². The van der Waals surface area contributed by atoms with Gasteiger partial charge < -0.3 is 0 Å². The Bertz CT molecular complexity index is 132. The van der Waals surface area contributed by atoms with Gasteiger partial charge in [0.15, 0.2) is 0 Å². The van der Waals surface area contributed by atoms with Gasteiger partial charge in [0, 0.05) is 6.54 Å². The van der Waals surface area contributed by atoms with Gasteiger partial charge in [-0.15, -0.1) is 0 Å². The van der Waals surface area contributed by atoms with Crippen LogP contribution < -0.4 is 0 Å². The van der Waals surface area contributed by atoms with Gasteiger partial charge in [0.2, 0.25) is 0 Å². The number of likely N-dealkylation sites (N-methyl/N-ethyl adjacent to an activating group) is 1. The van der Waals surface area contributed by atoms with Gasteiger partial charge >= 0.3 is 0 Å². The maximum Gasteiger partial charge on any atom is 0.0189 e. The van der Waals surface area contributed by atoms with Crippen LogP contribution in [0.4, 0.5) is 0 Å². The lowest BCUT2D eigenvalue weighted by atomic mass is 10.1. The Morgan fingerprint density at radius 1 is 1.25 bits per heavy atom. The number of rotatable bonds is 5. The van der Waals surface area contributed by atoms with E-state index in [1.165, 1.54) is 5.57 Å². The van der Waals surface area contributed by atoms with Crippen LogP contribution in [0.2, 0.25) is 0 Å².